The lowest BCUT2D eigenvalue weighted by atomic mass is 9.71. The third-order valence-corrected chi connectivity index (χ3v) is 5.07. The fourth-order valence-corrected chi connectivity index (χ4v) is 3.80. The Balaban J connectivity index is 1.93. The first-order chi connectivity index (χ1) is 8.89. The van der Waals surface area contributed by atoms with E-state index in [4.69, 9.17) is 0 Å². The van der Waals surface area contributed by atoms with Gasteiger partial charge in [0.1, 0.15) is 5.78 Å². The summed E-state index contributed by atoms with van der Waals surface area (Å²) in [5.41, 5.74) is 0.296. The number of Topliss-reactive ketones (excluding diaryl/α,β-unsaturated/α-hetero) is 1. The first kappa shape index (κ1) is 15.0. The molecular weight excluding hydrogens is 238 g/mol. The maximum Gasteiger partial charge on any atom is 0.137 e. The molecule has 0 aromatic rings. The molecule has 0 radical (unpaired) electrons. The highest BCUT2D eigenvalue weighted by Gasteiger charge is 2.36. The van der Waals surface area contributed by atoms with Crippen molar-refractivity contribution < 1.29 is 9.90 Å². The number of likely N-dealkylation sites (N-methyl/N-ethyl adjacent to an activating group) is 1. The Morgan fingerprint density at radius 1 is 1.32 bits per heavy atom. The molecule has 3 nitrogen and oxygen atoms in total. The van der Waals surface area contributed by atoms with E-state index in [2.05, 4.69) is 25.8 Å². The minimum atomic E-state index is -0.203. The van der Waals surface area contributed by atoms with Crippen molar-refractivity contribution in [2.24, 2.45) is 11.3 Å². The summed E-state index contributed by atoms with van der Waals surface area (Å²) in [7, 11) is 2.08. The molecule has 2 aliphatic carbocycles. The molecule has 0 aromatic carbocycles. The lowest BCUT2D eigenvalue weighted by molar-refractivity contribution is -0.128. The van der Waals surface area contributed by atoms with Gasteiger partial charge in [0, 0.05) is 24.9 Å². The Labute approximate surface area is 117 Å². The average molecular weight is 267 g/mol. The molecule has 110 valence electrons. The van der Waals surface area contributed by atoms with Gasteiger partial charge in [-0.05, 0) is 38.1 Å². The van der Waals surface area contributed by atoms with Crippen LogP contribution in [0.3, 0.4) is 0 Å². The molecule has 2 rings (SSSR count). The van der Waals surface area contributed by atoms with Crippen LogP contribution >= 0.6 is 0 Å². The van der Waals surface area contributed by atoms with Crippen LogP contribution in [0.5, 0.6) is 0 Å². The van der Waals surface area contributed by atoms with Crippen LogP contribution in [0.25, 0.3) is 0 Å². The van der Waals surface area contributed by atoms with Crippen LogP contribution in [0.2, 0.25) is 0 Å². The highest BCUT2D eigenvalue weighted by Crippen LogP contribution is 2.37. The van der Waals surface area contributed by atoms with E-state index in [1.165, 1.54) is 6.42 Å². The average Bonchev–Trinajstić information content (AvgIpc) is 2.34. The first-order valence-corrected chi connectivity index (χ1v) is 7.80. The van der Waals surface area contributed by atoms with E-state index < -0.39 is 0 Å². The van der Waals surface area contributed by atoms with E-state index in [1.807, 2.05) is 0 Å². The van der Waals surface area contributed by atoms with Gasteiger partial charge < -0.3 is 10.0 Å². The molecule has 0 aliphatic heterocycles. The lowest BCUT2D eigenvalue weighted by Crippen LogP contribution is -2.47. The summed E-state index contributed by atoms with van der Waals surface area (Å²) in [6.07, 6.45) is 6.89. The van der Waals surface area contributed by atoms with Crippen LogP contribution in [0.1, 0.15) is 58.8 Å². The van der Waals surface area contributed by atoms with Gasteiger partial charge in [-0.25, -0.2) is 0 Å². The summed E-state index contributed by atoms with van der Waals surface area (Å²) in [5, 5.41) is 10.1. The van der Waals surface area contributed by atoms with Crippen molar-refractivity contribution in [2.45, 2.75) is 70.9 Å². The molecule has 0 saturated heterocycles. The molecule has 3 atom stereocenters. The van der Waals surface area contributed by atoms with Crippen LogP contribution in [0.15, 0.2) is 0 Å². The number of hydrogen-bond acceptors (Lipinski definition) is 3. The van der Waals surface area contributed by atoms with Crippen molar-refractivity contribution in [1.82, 2.24) is 4.90 Å². The SMILES string of the molecule is CN(CC1CC(C)(C)CCC1=O)C1CCCCC1O. The molecule has 0 amide bonds. The summed E-state index contributed by atoms with van der Waals surface area (Å²) in [6, 6.07) is 0.256. The second kappa shape index (κ2) is 5.92. The van der Waals surface area contributed by atoms with Crippen molar-refractivity contribution in [3.8, 4) is 0 Å². The van der Waals surface area contributed by atoms with Crippen LogP contribution < -0.4 is 0 Å². The van der Waals surface area contributed by atoms with Crippen LogP contribution in [-0.2, 0) is 4.79 Å². The molecule has 2 fully saturated rings. The van der Waals surface area contributed by atoms with E-state index in [0.717, 1.165) is 45.1 Å². The summed E-state index contributed by atoms with van der Waals surface area (Å²) in [6.45, 7) is 5.35. The molecule has 0 bridgehead atoms. The summed E-state index contributed by atoms with van der Waals surface area (Å²) < 4.78 is 0. The Bertz CT molecular complexity index is 327. The molecule has 3 heteroatoms. The second-order valence-electron chi connectivity index (χ2n) is 7.39. The normalized spacial score (nSPS) is 35.6. The second-order valence-corrected chi connectivity index (χ2v) is 7.39. The van der Waals surface area contributed by atoms with Gasteiger partial charge in [0.25, 0.3) is 0 Å². The minimum Gasteiger partial charge on any atom is -0.391 e. The van der Waals surface area contributed by atoms with Gasteiger partial charge in [-0.2, -0.15) is 0 Å². The smallest absolute Gasteiger partial charge is 0.137 e. The first-order valence-electron chi connectivity index (χ1n) is 7.80. The monoisotopic (exact) mass is 267 g/mol. The predicted octanol–water partition coefficient (Wildman–Crippen LogP) is 2.62. The van der Waals surface area contributed by atoms with E-state index >= 15 is 0 Å². The van der Waals surface area contributed by atoms with E-state index in [-0.39, 0.29) is 18.1 Å². The maximum absolute atomic E-state index is 12.1. The number of carbonyl (C=O) groups is 1. The topological polar surface area (TPSA) is 40.5 Å². The highest BCUT2D eigenvalue weighted by atomic mass is 16.3. The standard InChI is InChI=1S/C16H29NO2/c1-16(2)9-8-14(18)12(10-16)11-17(3)13-6-4-5-7-15(13)19/h12-13,15,19H,4-11H2,1-3H3. The highest BCUT2D eigenvalue weighted by molar-refractivity contribution is 5.82. The fraction of sp³-hybridized carbons (Fsp3) is 0.938. The summed E-state index contributed by atoms with van der Waals surface area (Å²) in [4.78, 5) is 14.3. The molecule has 0 heterocycles. The Kier molecular flexibility index (Phi) is 4.67. The zero-order valence-electron chi connectivity index (χ0n) is 12.7. The third-order valence-electron chi connectivity index (χ3n) is 5.07. The fourth-order valence-electron chi connectivity index (χ4n) is 3.80. The van der Waals surface area contributed by atoms with Crippen LogP contribution in [0, 0.1) is 11.3 Å². The summed E-state index contributed by atoms with van der Waals surface area (Å²) >= 11 is 0. The van der Waals surface area contributed by atoms with E-state index in [1.54, 1.807) is 0 Å². The zero-order valence-corrected chi connectivity index (χ0v) is 12.7. The van der Waals surface area contributed by atoms with Crippen molar-refractivity contribution in [3.63, 3.8) is 0 Å². The maximum atomic E-state index is 12.1. The van der Waals surface area contributed by atoms with Gasteiger partial charge in [0.15, 0.2) is 0 Å². The van der Waals surface area contributed by atoms with Crippen LogP contribution in [-0.4, -0.2) is 41.5 Å². The number of aliphatic hydroxyl groups excluding tert-OH is 1. The lowest BCUT2D eigenvalue weighted by Gasteiger charge is -2.40. The molecule has 0 spiro atoms. The molecule has 19 heavy (non-hydrogen) atoms. The quantitative estimate of drug-likeness (QED) is 0.854. The van der Waals surface area contributed by atoms with Gasteiger partial charge >= 0.3 is 0 Å². The van der Waals surface area contributed by atoms with Crippen LogP contribution in [0.4, 0.5) is 0 Å². The number of rotatable bonds is 3. The number of carbonyl (C=O) groups excluding carboxylic acids is 1. The van der Waals surface area contributed by atoms with Gasteiger partial charge in [0.05, 0.1) is 6.10 Å². The number of aliphatic hydroxyl groups is 1. The molecule has 0 aromatic heterocycles. The third kappa shape index (κ3) is 3.79. The molecular formula is C16H29NO2. The Morgan fingerprint density at radius 3 is 2.68 bits per heavy atom. The molecule has 3 unspecified atom stereocenters. The van der Waals surface area contributed by atoms with E-state index in [0.29, 0.717) is 11.2 Å². The van der Waals surface area contributed by atoms with Gasteiger partial charge in [-0.15, -0.1) is 0 Å². The minimum absolute atomic E-state index is 0.169. The molecule has 1 N–H and O–H groups in total. The Morgan fingerprint density at radius 2 is 2.00 bits per heavy atom. The number of ketones is 1. The van der Waals surface area contributed by atoms with Gasteiger partial charge in [-0.3, -0.25) is 4.79 Å². The predicted molar refractivity (Wildman–Crippen MR) is 77.0 cm³/mol. The number of nitrogens with zero attached hydrogens (tertiary/aromatic N) is 1. The summed E-state index contributed by atoms with van der Waals surface area (Å²) in [5.74, 6) is 0.597. The van der Waals surface area contributed by atoms with Crippen molar-refractivity contribution in [3.05, 3.63) is 0 Å². The largest absolute Gasteiger partial charge is 0.391 e. The number of hydrogen-bond donors (Lipinski definition) is 1. The van der Waals surface area contributed by atoms with Gasteiger partial charge in [-0.1, -0.05) is 26.7 Å². The molecule has 2 saturated carbocycles. The van der Waals surface area contributed by atoms with Crippen molar-refractivity contribution in [1.29, 1.82) is 0 Å². The molecule has 2 aliphatic rings. The van der Waals surface area contributed by atoms with Gasteiger partial charge in [0.2, 0.25) is 0 Å². The zero-order chi connectivity index (χ0) is 14.0. The van der Waals surface area contributed by atoms with E-state index in [9.17, 15) is 9.90 Å². The van der Waals surface area contributed by atoms with Crippen molar-refractivity contribution in [2.75, 3.05) is 13.6 Å². The van der Waals surface area contributed by atoms with Crippen molar-refractivity contribution >= 4 is 5.78 Å². The Hall–Kier alpha value is -0.410.